The largest absolute Gasteiger partial charge is 0.573 e. The average Bonchev–Trinajstić information content (AvgIpc) is 2.27. The van der Waals surface area contributed by atoms with Crippen molar-refractivity contribution in [2.24, 2.45) is 0 Å². The third-order valence-corrected chi connectivity index (χ3v) is 2.05. The minimum Gasteiger partial charge on any atom is -0.504 e. The number of hydrogen-bond donors (Lipinski definition) is 1. The fraction of sp³-hybridized carbons (Fsp3) is 0.250. The average molecular weight is 276 g/mol. The van der Waals surface area contributed by atoms with Crippen molar-refractivity contribution in [1.29, 1.82) is 0 Å². The Bertz CT molecular complexity index is 480. The van der Waals surface area contributed by atoms with E-state index < -0.39 is 24.5 Å². The van der Waals surface area contributed by atoms with E-state index in [1.165, 1.54) is 31.6 Å². The number of carbonyl (C=O) groups is 1. The highest BCUT2D eigenvalue weighted by molar-refractivity contribution is 5.72. The summed E-state index contributed by atoms with van der Waals surface area (Å²) in [6.45, 7) is 0. The maximum atomic E-state index is 12.2. The van der Waals surface area contributed by atoms with Crippen LogP contribution in [-0.2, 0) is 16.0 Å². The maximum absolute atomic E-state index is 12.2. The summed E-state index contributed by atoms with van der Waals surface area (Å²) in [6, 6.07) is 3.73. The molecule has 7 heteroatoms. The van der Waals surface area contributed by atoms with Crippen LogP contribution in [0, 0.1) is 0 Å². The second-order valence-electron chi connectivity index (χ2n) is 3.52. The third kappa shape index (κ3) is 5.33. The van der Waals surface area contributed by atoms with Crippen LogP contribution in [0.1, 0.15) is 11.1 Å². The molecule has 0 fully saturated rings. The Hall–Kier alpha value is -2.18. The number of ether oxygens (including phenoxy) is 2. The molecule has 0 aliphatic rings. The van der Waals surface area contributed by atoms with Crippen LogP contribution in [0.25, 0.3) is 6.08 Å². The van der Waals surface area contributed by atoms with Gasteiger partial charge in [0, 0.05) is 5.56 Å². The number of methoxy groups -OCH3 is 1. The molecule has 0 aromatic heterocycles. The monoisotopic (exact) mass is 276 g/mol. The van der Waals surface area contributed by atoms with Gasteiger partial charge in [0.15, 0.2) is 0 Å². The van der Waals surface area contributed by atoms with Crippen molar-refractivity contribution in [2.75, 3.05) is 7.11 Å². The zero-order valence-corrected chi connectivity index (χ0v) is 9.90. The summed E-state index contributed by atoms with van der Waals surface area (Å²) in [5.74, 6) is -1.77. The lowest BCUT2D eigenvalue weighted by molar-refractivity contribution is -0.274. The second kappa shape index (κ2) is 6.12. The molecular weight excluding hydrogens is 265 g/mol. The van der Waals surface area contributed by atoms with Gasteiger partial charge in [-0.1, -0.05) is 6.07 Å². The summed E-state index contributed by atoms with van der Waals surface area (Å²) in [5, 5.41) is 8.68. The molecule has 1 N–H and O–H groups in total. The van der Waals surface area contributed by atoms with E-state index in [9.17, 15) is 18.0 Å². The first kappa shape index (κ1) is 14.9. The molecule has 0 unspecified atom stereocenters. The predicted molar refractivity (Wildman–Crippen MR) is 60.5 cm³/mol. The number of carboxylic acids is 1. The van der Waals surface area contributed by atoms with Crippen molar-refractivity contribution < 1.29 is 32.5 Å². The standard InChI is InChI=1S/C12H11F3O4/c1-18-5-4-8-2-3-10(19-12(13,14)15)9(6-8)7-11(16)17/h2-6H,7H2,1H3,(H,16,17). The van der Waals surface area contributed by atoms with E-state index >= 15 is 0 Å². The molecule has 104 valence electrons. The number of aliphatic carboxylic acids is 1. The molecule has 0 bridgehead atoms. The van der Waals surface area contributed by atoms with Crippen LogP contribution >= 0.6 is 0 Å². The number of rotatable bonds is 5. The SMILES string of the molecule is COC=Cc1ccc(OC(F)(F)F)c(CC(=O)O)c1. The molecule has 0 spiro atoms. The van der Waals surface area contributed by atoms with Crippen molar-refractivity contribution in [1.82, 2.24) is 0 Å². The Kier molecular flexibility index (Phi) is 4.80. The fourth-order valence-electron chi connectivity index (χ4n) is 1.37. The zero-order valence-electron chi connectivity index (χ0n) is 9.90. The Morgan fingerprint density at radius 2 is 2.11 bits per heavy atom. The number of alkyl halides is 3. The van der Waals surface area contributed by atoms with Crippen LogP contribution in [0.5, 0.6) is 5.75 Å². The van der Waals surface area contributed by atoms with Crippen molar-refractivity contribution in [3.63, 3.8) is 0 Å². The minimum absolute atomic E-state index is 0.0666. The van der Waals surface area contributed by atoms with Crippen molar-refractivity contribution in [2.45, 2.75) is 12.8 Å². The number of halogens is 3. The van der Waals surface area contributed by atoms with Gasteiger partial charge in [-0.25, -0.2) is 0 Å². The van der Waals surface area contributed by atoms with Gasteiger partial charge < -0.3 is 14.6 Å². The van der Waals surface area contributed by atoms with Crippen molar-refractivity contribution in [3.8, 4) is 5.75 Å². The quantitative estimate of drug-likeness (QED) is 0.840. The molecule has 1 aromatic carbocycles. The Morgan fingerprint density at radius 3 is 2.63 bits per heavy atom. The van der Waals surface area contributed by atoms with Gasteiger partial charge in [0.2, 0.25) is 0 Å². The van der Waals surface area contributed by atoms with Crippen molar-refractivity contribution >= 4 is 12.0 Å². The lowest BCUT2D eigenvalue weighted by Crippen LogP contribution is -2.18. The van der Waals surface area contributed by atoms with Gasteiger partial charge in [-0.2, -0.15) is 0 Å². The Labute approximate surface area is 107 Å². The van der Waals surface area contributed by atoms with Gasteiger partial charge >= 0.3 is 12.3 Å². The highest BCUT2D eigenvalue weighted by Gasteiger charge is 2.32. The first-order chi connectivity index (χ1) is 8.81. The summed E-state index contributed by atoms with van der Waals surface area (Å²) in [4.78, 5) is 10.6. The molecule has 19 heavy (non-hydrogen) atoms. The second-order valence-corrected chi connectivity index (χ2v) is 3.52. The normalized spacial score (nSPS) is 11.6. The zero-order chi connectivity index (χ0) is 14.5. The van der Waals surface area contributed by atoms with Gasteiger partial charge in [0.1, 0.15) is 5.75 Å². The molecule has 1 aromatic rings. The molecule has 0 saturated carbocycles. The van der Waals surface area contributed by atoms with E-state index in [1.807, 2.05) is 0 Å². The Balaban J connectivity index is 3.08. The van der Waals surface area contributed by atoms with E-state index in [0.29, 0.717) is 5.56 Å². The molecule has 0 heterocycles. The molecule has 1 rings (SSSR count). The molecule has 0 amide bonds. The van der Waals surface area contributed by atoms with Gasteiger partial charge in [0.05, 0.1) is 19.8 Å². The first-order valence-corrected chi connectivity index (χ1v) is 5.11. The molecule has 4 nitrogen and oxygen atoms in total. The molecule has 0 atom stereocenters. The van der Waals surface area contributed by atoms with Crippen LogP contribution in [0.2, 0.25) is 0 Å². The van der Waals surface area contributed by atoms with Gasteiger partial charge in [-0.3, -0.25) is 4.79 Å². The van der Waals surface area contributed by atoms with E-state index in [4.69, 9.17) is 5.11 Å². The molecule has 0 aliphatic carbocycles. The van der Waals surface area contributed by atoms with E-state index in [-0.39, 0.29) is 5.56 Å². The van der Waals surface area contributed by atoms with Crippen LogP contribution in [-0.4, -0.2) is 24.5 Å². The van der Waals surface area contributed by atoms with Gasteiger partial charge in [-0.05, 0) is 23.8 Å². The molecule has 0 radical (unpaired) electrons. The lowest BCUT2D eigenvalue weighted by Gasteiger charge is -2.13. The number of carboxylic acid groups (broad SMARTS) is 1. The lowest BCUT2D eigenvalue weighted by atomic mass is 10.1. The molecular formula is C12H11F3O4. The third-order valence-electron chi connectivity index (χ3n) is 2.05. The van der Waals surface area contributed by atoms with Crippen LogP contribution < -0.4 is 4.74 Å². The summed E-state index contributed by atoms with van der Waals surface area (Å²) >= 11 is 0. The smallest absolute Gasteiger partial charge is 0.504 e. The highest BCUT2D eigenvalue weighted by atomic mass is 19.4. The Morgan fingerprint density at radius 1 is 1.42 bits per heavy atom. The van der Waals surface area contributed by atoms with E-state index in [0.717, 1.165) is 6.07 Å². The maximum Gasteiger partial charge on any atom is 0.573 e. The summed E-state index contributed by atoms with van der Waals surface area (Å²) in [6.07, 6.45) is -2.62. The highest BCUT2D eigenvalue weighted by Crippen LogP contribution is 2.28. The number of hydrogen-bond acceptors (Lipinski definition) is 3. The fourth-order valence-corrected chi connectivity index (χ4v) is 1.37. The summed E-state index contributed by atoms with van der Waals surface area (Å²) < 4.78 is 44.9. The first-order valence-electron chi connectivity index (χ1n) is 5.11. The number of benzene rings is 1. The van der Waals surface area contributed by atoms with E-state index in [1.54, 1.807) is 0 Å². The summed E-state index contributed by atoms with van der Waals surface area (Å²) in [7, 11) is 1.41. The minimum atomic E-state index is -4.86. The van der Waals surface area contributed by atoms with Crippen molar-refractivity contribution in [3.05, 3.63) is 35.6 Å². The predicted octanol–water partition coefficient (Wildman–Crippen LogP) is 2.83. The molecule has 0 saturated heterocycles. The van der Waals surface area contributed by atoms with Crippen LogP contribution in [0.3, 0.4) is 0 Å². The van der Waals surface area contributed by atoms with E-state index in [2.05, 4.69) is 9.47 Å². The van der Waals surface area contributed by atoms with Gasteiger partial charge in [-0.15, -0.1) is 13.2 Å². The topological polar surface area (TPSA) is 55.8 Å². The van der Waals surface area contributed by atoms with Crippen LogP contribution in [0.15, 0.2) is 24.5 Å². The summed E-state index contributed by atoms with van der Waals surface area (Å²) in [5.41, 5.74) is 0.440. The molecule has 0 aliphatic heterocycles. The van der Waals surface area contributed by atoms with Crippen LogP contribution in [0.4, 0.5) is 13.2 Å². The van der Waals surface area contributed by atoms with Gasteiger partial charge in [0.25, 0.3) is 0 Å².